The van der Waals surface area contributed by atoms with Crippen molar-refractivity contribution in [3.8, 4) is 0 Å². The summed E-state index contributed by atoms with van der Waals surface area (Å²) >= 11 is 0. The second kappa shape index (κ2) is 5.67. The van der Waals surface area contributed by atoms with Crippen molar-refractivity contribution in [2.45, 2.75) is 65.7 Å². The van der Waals surface area contributed by atoms with Crippen LogP contribution in [0.5, 0.6) is 0 Å². The number of hydrogen-bond acceptors (Lipinski definition) is 0. The Hall–Kier alpha value is 0. The van der Waals surface area contributed by atoms with Gasteiger partial charge in [-0.1, -0.05) is 65.7 Å². The number of rotatable bonds is 3. The maximum atomic E-state index is 2.40. The van der Waals surface area contributed by atoms with E-state index in [2.05, 4.69) is 20.8 Å². The molecule has 13 heavy (non-hydrogen) atoms. The van der Waals surface area contributed by atoms with Crippen LogP contribution in [0.2, 0.25) is 0 Å². The lowest BCUT2D eigenvalue weighted by Gasteiger charge is -2.28. The van der Waals surface area contributed by atoms with Crippen LogP contribution in [-0.4, -0.2) is 0 Å². The van der Waals surface area contributed by atoms with Gasteiger partial charge in [-0.25, -0.2) is 0 Å². The molecule has 0 amide bonds. The lowest BCUT2D eigenvalue weighted by atomic mass is 9.78. The fraction of sp³-hybridized carbons (Fsp3) is 1.00. The van der Waals surface area contributed by atoms with E-state index < -0.39 is 0 Å². The van der Waals surface area contributed by atoms with E-state index >= 15 is 0 Å². The highest BCUT2D eigenvalue weighted by atomic mass is 14.3. The molecule has 0 heteroatoms. The quantitative estimate of drug-likeness (QED) is 0.558. The standard InChI is InChI=1S/C13H26/c1-4-13(11(2)3)12-9-7-5-6-8-10-12/h11-13H,4-10H2,1-3H3. The molecule has 0 nitrogen and oxygen atoms in total. The van der Waals surface area contributed by atoms with Gasteiger partial charge in [-0.3, -0.25) is 0 Å². The summed E-state index contributed by atoms with van der Waals surface area (Å²) in [6.45, 7) is 7.17. The molecule has 0 aromatic heterocycles. The molecule has 0 bridgehead atoms. The maximum Gasteiger partial charge on any atom is -0.0365 e. The van der Waals surface area contributed by atoms with Crippen LogP contribution in [0.1, 0.15) is 65.7 Å². The molecule has 0 aliphatic heterocycles. The van der Waals surface area contributed by atoms with Crippen molar-refractivity contribution >= 4 is 0 Å². The van der Waals surface area contributed by atoms with Crippen LogP contribution in [0.4, 0.5) is 0 Å². The summed E-state index contributed by atoms with van der Waals surface area (Å²) in [6, 6.07) is 0. The van der Waals surface area contributed by atoms with Gasteiger partial charge in [0.05, 0.1) is 0 Å². The summed E-state index contributed by atoms with van der Waals surface area (Å²) < 4.78 is 0. The van der Waals surface area contributed by atoms with Crippen molar-refractivity contribution in [2.24, 2.45) is 17.8 Å². The summed E-state index contributed by atoms with van der Waals surface area (Å²) in [5.74, 6) is 2.94. The Morgan fingerprint density at radius 3 is 1.92 bits per heavy atom. The largest absolute Gasteiger partial charge is 0.0651 e. The third-order valence-corrected chi connectivity index (χ3v) is 3.83. The first-order chi connectivity index (χ1) is 6.25. The topological polar surface area (TPSA) is 0 Å². The zero-order valence-electron chi connectivity index (χ0n) is 9.68. The molecule has 0 aromatic carbocycles. The van der Waals surface area contributed by atoms with Crippen molar-refractivity contribution < 1.29 is 0 Å². The molecule has 1 unspecified atom stereocenters. The van der Waals surface area contributed by atoms with E-state index in [0.29, 0.717) is 0 Å². The first-order valence-electron chi connectivity index (χ1n) is 6.25. The van der Waals surface area contributed by atoms with Gasteiger partial charge in [0.25, 0.3) is 0 Å². The highest BCUT2D eigenvalue weighted by Gasteiger charge is 2.23. The Labute approximate surface area is 84.1 Å². The van der Waals surface area contributed by atoms with E-state index in [9.17, 15) is 0 Å². The van der Waals surface area contributed by atoms with Gasteiger partial charge in [0.15, 0.2) is 0 Å². The van der Waals surface area contributed by atoms with Crippen molar-refractivity contribution in [2.75, 3.05) is 0 Å². The fourth-order valence-corrected chi connectivity index (χ4v) is 3.09. The first-order valence-corrected chi connectivity index (χ1v) is 6.25. The lowest BCUT2D eigenvalue weighted by molar-refractivity contribution is 0.222. The minimum absolute atomic E-state index is 0.896. The van der Waals surface area contributed by atoms with E-state index in [4.69, 9.17) is 0 Å². The molecule has 0 radical (unpaired) electrons. The van der Waals surface area contributed by atoms with E-state index in [1.54, 1.807) is 0 Å². The molecule has 0 spiro atoms. The molecule has 0 saturated heterocycles. The Kier molecular flexibility index (Phi) is 4.83. The Morgan fingerprint density at radius 2 is 1.54 bits per heavy atom. The third-order valence-electron chi connectivity index (χ3n) is 3.83. The average molecular weight is 182 g/mol. The van der Waals surface area contributed by atoms with E-state index in [0.717, 1.165) is 17.8 Å². The van der Waals surface area contributed by atoms with Crippen molar-refractivity contribution in [1.82, 2.24) is 0 Å². The Bertz CT molecular complexity index is 118. The molecular formula is C13H26. The normalized spacial score (nSPS) is 23.1. The molecule has 0 N–H and O–H groups in total. The minimum Gasteiger partial charge on any atom is -0.0651 e. The second-order valence-electron chi connectivity index (χ2n) is 5.07. The second-order valence-corrected chi connectivity index (χ2v) is 5.07. The van der Waals surface area contributed by atoms with Crippen LogP contribution < -0.4 is 0 Å². The van der Waals surface area contributed by atoms with Crippen molar-refractivity contribution in [3.63, 3.8) is 0 Å². The molecular weight excluding hydrogens is 156 g/mol. The van der Waals surface area contributed by atoms with Crippen LogP contribution in [0, 0.1) is 17.8 Å². The first kappa shape index (κ1) is 11.1. The molecule has 1 rings (SSSR count). The SMILES string of the molecule is CCC(C(C)C)C1CCCCCC1. The molecule has 1 saturated carbocycles. The molecule has 0 aromatic rings. The van der Waals surface area contributed by atoms with Gasteiger partial charge in [0, 0.05) is 0 Å². The van der Waals surface area contributed by atoms with Gasteiger partial charge in [-0.15, -0.1) is 0 Å². The van der Waals surface area contributed by atoms with E-state index in [-0.39, 0.29) is 0 Å². The number of hydrogen-bond donors (Lipinski definition) is 0. The summed E-state index contributed by atoms with van der Waals surface area (Å²) in [4.78, 5) is 0. The summed E-state index contributed by atoms with van der Waals surface area (Å²) in [7, 11) is 0. The summed E-state index contributed by atoms with van der Waals surface area (Å²) in [5.41, 5.74) is 0. The zero-order chi connectivity index (χ0) is 9.68. The van der Waals surface area contributed by atoms with E-state index in [1.165, 1.54) is 44.9 Å². The molecule has 1 aliphatic rings. The van der Waals surface area contributed by atoms with E-state index in [1.807, 2.05) is 0 Å². The maximum absolute atomic E-state index is 2.40. The van der Waals surface area contributed by atoms with Crippen molar-refractivity contribution in [3.05, 3.63) is 0 Å². The predicted octanol–water partition coefficient (Wildman–Crippen LogP) is 4.64. The lowest BCUT2D eigenvalue weighted by Crippen LogP contribution is -2.19. The molecule has 78 valence electrons. The monoisotopic (exact) mass is 182 g/mol. The third kappa shape index (κ3) is 3.32. The summed E-state index contributed by atoms with van der Waals surface area (Å²) in [5, 5.41) is 0. The van der Waals surface area contributed by atoms with Gasteiger partial charge in [-0.05, 0) is 17.8 Å². The smallest absolute Gasteiger partial charge is 0.0365 e. The van der Waals surface area contributed by atoms with Crippen LogP contribution in [-0.2, 0) is 0 Å². The highest BCUT2D eigenvalue weighted by molar-refractivity contribution is 4.74. The Morgan fingerprint density at radius 1 is 1.00 bits per heavy atom. The summed E-state index contributed by atoms with van der Waals surface area (Å²) in [6.07, 6.45) is 10.4. The average Bonchev–Trinajstić information content (AvgIpc) is 2.33. The van der Waals surface area contributed by atoms with Crippen LogP contribution >= 0.6 is 0 Å². The van der Waals surface area contributed by atoms with Gasteiger partial charge in [-0.2, -0.15) is 0 Å². The van der Waals surface area contributed by atoms with Gasteiger partial charge in [0.2, 0.25) is 0 Å². The molecule has 0 heterocycles. The van der Waals surface area contributed by atoms with Gasteiger partial charge >= 0.3 is 0 Å². The highest BCUT2D eigenvalue weighted by Crippen LogP contribution is 2.34. The minimum atomic E-state index is 0.896. The van der Waals surface area contributed by atoms with Gasteiger partial charge in [0.1, 0.15) is 0 Å². The van der Waals surface area contributed by atoms with Gasteiger partial charge < -0.3 is 0 Å². The molecule has 1 atom stereocenters. The Balaban J connectivity index is 2.45. The zero-order valence-corrected chi connectivity index (χ0v) is 9.68. The predicted molar refractivity (Wildman–Crippen MR) is 59.8 cm³/mol. The van der Waals surface area contributed by atoms with Crippen LogP contribution in [0.3, 0.4) is 0 Å². The van der Waals surface area contributed by atoms with Crippen molar-refractivity contribution in [1.29, 1.82) is 0 Å². The van der Waals surface area contributed by atoms with Crippen LogP contribution in [0.25, 0.3) is 0 Å². The molecule has 1 fully saturated rings. The molecule has 1 aliphatic carbocycles. The fourth-order valence-electron chi connectivity index (χ4n) is 3.09. The van der Waals surface area contributed by atoms with Crippen LogP contribution in [0.15, 0.2) is 0 Å².